The maximum Gasteiger partial charge on any atom is 0.373 e. The molecule has 0 saturated carbocycles. The molecule has 1 aromatic carbocycles. The molecule has 1 aliphatic carbocycles. The fraction of sp³-hybridized carbons (Fsp3) is 0.577. The quantitative estimate of drug-likeness (QED) is 0.618. The largest absolute Gasteiger partial charge is 0.379 e. The summed E-state index contributed by atoms with van der Waals surface area (Å²) < 4.78 is 36.3. The predicted octanol–water partition coefficient (Wildman–Crippen LogP) is 3.75. The van der Waals surface area contributed by atoms with Crippen LogP contribution in [0, 0.1) is 12.3 Å². The maximum atomic E-state index is 13.4. The van der Waals surface area contributed by atoms with Gasteiger partial charge in [0, 0.05) is 37.4 Å². The first kappa shape index (κ1) is 26.4. The Morgan fingerprint density at radius 3 is 2.41 bits per heavy atom. The molecule has 0 amide bonds. The smallest absolute Gasteiger partial charge is 0.373 e. The van der Waals surface area contributed by atoms with Gasteiger partial charge in [-0.15, -0.1) is 0 Å². The van der Waals surface area contributed by atoms with Crippen LogP contribution in [0.1, 0.15) is 61.7 Å². The number of rotatable bonds is 6. The van der Waals surface area contributed by atoms with Crippen molar-refractivity contribution in [2.24, 2.45) is 5.41 Å². The molecule has 0 unspecified atom stereocenters. The average Bonchev–Trinajstić information content (AvgIpc) is 3.05. The Morgan fingerprint density at radius 1 is 1.12 bits per heavy atom. The number of benzene rings is 1. The summed E-state index contributed by atoms with van der Waals surface area (Å²) in [4.78, 5) is 16.7. The van der Waals surface area contributed by atoms with Crippen molar-refractivity contribution in [2.45, 2.75) is 71.2 Å². The van der Waals surface area contributed by atoms with Crippen LogP contribution in [0.2, 0.25) is 0 Å². The molecule has 2 heterocycles. The minimum atomic E-state index is -3.53. The van der Waals surface area contributed by atoms with Crippen molar-refractivity contribution >= 4 is 16.2 Å². The van der Waals surface area contributed by atoms with Gasteiger partial charge in [0.25, 0.3) is 0 Å². The van der Waals surface area contributed by atoms with E-state index in [1.807, 2.05) is 18.2 Å². The van der Waals surface area contributed by atoms with E-state index >= 15 is 0 Å². The molecule has 0 N–H and O–H groups in total. The molecule has 0 radical (unpaired) electrons. The number of nitrogens with zero attached hydrogens (tertiary/aromatic N) is 2. The van der Waals surface area contributed by atoms with Crippen molar-refractivity contribution in [2.75, 3.05) is 26.3 Å². The van der Waals surface area contributed by atoms with Crippen LogP contribution < -0.4 is 0 Å². The molecular formula is C26H36N2O5S. The van der Waals surface area contributed by atoms with Crippen LogP contribution in [0.3, 0.4) is 0 Å². The van der Waals surface area contributed by atoms with Crippen molar-refractivity contribution in [3.63, 3.8) is 0 Å². The van der Waals surface area contributed by atoms with Crippen molar-refractivity contribution in [3.05, 3.63) is 52.3 Å². The minimum Gasteiger partial charge on any atom is -0.379 e. The summed E-state index contributed by atoms with van der Waals surface area (Å²) >= 11 is 0. The van der Waals surface area contributed by atoms with E-state index in [0.717, 1.165) is 31.4 Å². The molecule has 1 aliphatic heterocycles. The third-order valence-electron chi connectivity index (χ3n) is 6.95. The summed E-state index contributed by atoms with van der Waals surface area (Å²) in [6.45, 7) is 11.9. The van der Waals surface area contributed by atoms with Crippen LogP contribution in [-0.4, -0.2) is 49.7 Å². The van der Waals surface area contributed by atoms with Crippen LogP contribution in [0.15, 0.2) is 29.2 Å². The molecule has 186 valence electrons. The lowest BCUT2D eigenvalue weighted by molar-refractivity contribution is -0.191. The Bertz CT molecular complexity index is 1140. The van der Waals surface area contributed by atoms with Gasteiger partial charge in [-0.25, -0.2) is 8.42 Å². The van der Waals surface area contributed by atoms with Gasteiger partial charge in [0.15, 0.2) is 0 Å². The SMILES string of the molecule is CCCn1c(C)c(Cc2ccccc2S(=O)(=O)N2CCOCC2)c2c1CCC(C)(C)C2.O=C=O. The number of fused-ring (bicyclic) bond motifs is 1. The highest BCUT2D eigenvalue weighted by molar-refractivity contribution is 7.89. The molecule has 0 atom stereocenters. The van der Waals surface area contributed by atoms with Crippen LogP contribution in [0.25, 0.3) is 0 Å². The molecule has 0 spiro atoms. The normalized spacial score (nSPS) is 17.9. The van der Waals surface area contributed by atoms with E-state index in [-0.39, 0.29) is 11.6 Å². The van der Waals surface area contributed by atoms with E-state index in [4.69, 9.17) is 14.3 Å². The second kappa shape index (κ2) is 11.0. The summed E-state index contributed by atoms with van der Waals surface area (Å²) in [6.07, 6.45) is 5.40. The molecule has 34 heavy (non-hydrogen) atoms. The maximum absolute atomic E-state index is 13.4. The van der Waals surface area contributed by atoms with Gasteiger partial charge in [0.05, 0.1) is 18.1 Å². The Hall–Kier alpha value is -2.25. The van der Waals surface area contributed by atoms with Gasteiger partial charge >= 0.3 is 6.15 Å². The molecule has 4 rings (SSSR count). The fourth-order valence-corrected chi connectivity index (χ4v) is 6.85. The predicted molar refractivity (Wildman–Crippen MR) is 129 cm³/mol. The van der Waals surface area contributed by atoms with Crippen molar-refractivity contribution < 1.29 is 22.7 Å². The Balaban J connectivity index is 0.00000103. The highest BCUT2D eigenvalue weighted by atomic mass is 32.2. The minimum absolute atomic E-state index is 0.250. The van der Waals surface area contributed by atoms with E-state index in [1.165, 1.54) is 28.9 Å². The van der Waals surface area contributed by atoms with Crippen molar-refractivity contribution in [1.29, 1.82) is 0 Å². The third-order valence-corrected chi connectivity index (χ3v) is 8.95. The van der Waals surface area contributed by atoms with Crippen molar-refractivity contribution in [1.82, 2.24) is 8.87 Å². The number of hydrogen-bond donors (Lipinski definition) is 0. The third kappa shape index (κ3) is 5.52. The summed E-state index contributed by atoms with van der Waals surface area (Å²) in [5.41, 5.74) is 6.76. The van der Waals surface area contributed by atoms with Gasteiger partial charge in [-0.2, -0.15) is 13.9 Å². The zero-order valence-corrected chi connectivity index (χ0v) is 21.5. The standard InChI is InChI=1S/C25H36N2O3S.CO2/c1-5-12-27-19(2)21(22-18-25(3,4)11-10-23(22)27)17-20-8-6-7-9-24(20)31(28,29)26-13-15-30-16-14-26;2-1-3/h6-9H,5,10-18H2,1-4H3;. The number of morpholine rings is 1. The Kier molecular flexibility index (Phi) is 8.52. The lowest BCUT2D eigenvalue weighted by Crippen LogP contribution is -2.40. The van der Waals surface area contributed by atoms with Gasteiger partial charge in [0.1, 0.15) is 0 Å². The molecule has 8 heteroatoms. The summed E-state index contributed by atoms with van der Waals surface area (Å²) in [5.74, 6) is 0. The van der Waals surface area contributed by atoms with E-state index in [2.05, 4.69) is 32.3 Å². The topological polar surface area (TPSA) is 85.7 Å². The van der Waals surface area contributed by atoms with E-state index < -0.39 is 10.0 Å². The number of sulfonamides is 1. The molecule has 2 aromatic rings. The second-order valence-corrected chi connectivity index (χ2v) is 11.8. The van der Waals surface area contributed by atoms with E-state index in [9.17, 15) is 8.42 Å². The van der Waals surface area contributed by atoms with Crippen LogP contribution >= 0.6 is 0 Å². The first-order chi connectivity index (χ1) is 16.2. The summed E-state index contributed by atoms with van der Waals surface area (Å²) in [7, 11) is -3.53. The molecule has 7 nitrogen and oxygen atoms in total. The van der Waals surface area contributed by atoms with Gasteiger partial charge in [-0.3, -0.25) is 0 Å². The summed E-state index contributed by atoms with van der Waals surface area (Å²) in [5, 5.41) is 0. The number of ether oxygens (including phenoxy) is 1. The van der Waals surface area contributed by atoms with E-state index in [0.29, 0.717) is 37.6 Å². The average molecular weight is 489 g/mol. The molecule has 2 aliphatic rings. The summed E-state index contributed by atoms with van der Waals surface area (Å²) in [6, 6.07) is 7.56. The fourth-order valence-electron chi connectivity index (χ4n) is 5.22. The number of aromatic nitrogens is 1. The van der Waals surface area contributed by atoms with Crippen LogP contribution in [0.5, 0.6) is 0 Å². The monoisotopic (exact) mass is 488 g/mol. The lowest BCUT2D eigenvalue weighted by atomic mass is 9.75. The molecule has 1 saturated heterocycles. The first-order valence-electron chi connectivity index (χ1n) is 12.0. The first-order valence-corrected chi connectivity index (χ1v) is 13.4. The second-order valence-electron chi connectivity index (χ2n) is 9.87. The van der Waals surface area contributed by atoms with Gasteiger partial charge in [-0.1, -0.05) is 39.0 Å². The molecule has 0 bridgehead atoms. The van der Waals surface area contributed by atoms with Crippen molar-refractivity contribution in [3.8, 4) is 0 Å². The molecular weight excluding hydrogens is 452 g/mol. The zero-order chi connectivity index (χ0) is 24.9. The molecule has 1 aromatic heterocycles. The highest BCUT2D eigenvalue weighted by Gasteiger charge is 2.33. The Labute approximate surface area is 203 Å². The highest BCUT2D eigenvalue weighted by Crippen LogP contribution is 2.40. The molecule has 1 fully saturated rings. The van der Waals surface area contributed by atoms with Crippen LogP contribution in [0.4, 0.5) is 0 Å². The van der Waals surface area contributed by atoms with Gasteiger partial charge in [-0.05, 0) is 60.8 Å². The Morgan fingerprint density at radius 2 is 1.76 bits per heavy atom. The van der Waals surface area contributed by atoms with E-state index in [1.54, 1.807) is 10.4 Å². The number of hydrogen-bond acceptors (Lipinski definition) is 5. The van der Waals surface area contributed by atoms with Gasteiger partial charge in [0.2, 0.25) is 10.0 Å². The zero-order valence-electron chi connectivity index (χ0n) is 20.7. The van der Waals surface area contributed by atoms with Gasteiger partial charge < -0.3 is 9.30 Å². The number of carbonyl (C=O) groups excluding carboxylic acids is 2. The lowest BCUT2D eigenvalue weighted by Gasteiger charge is -2.31. The van der Waals surface area contributed by atoms with Crippen LogP contribution in [-0.2, 0) is 50.2 Å².